The summed E-state index contributed by atoms with van der Waals surface area (Å²) in [6, 6.07) is 6.32. The Balaban J connectivity index is 1.77. The molecule has 21 heavy (non-hydrogen) atoms. The van der Waals surface area contributed by atoms with Crippen molar-refractivity contribution < 1.29 is 19.4 Å². The van der Waals surface area contributed by atoms with E-state index in [-0.39, 0.29) is 18.2 Å². The van der Waals surface area contributed by atoms with Gasteiger partial charge < -0.3 is 15.2 Å². The van der Waals surface area contributed by atoms with E-state index in [0.717, 1.165) is 17.7 Å². The fourth-order valence-corrected chi connectivity index (χ4v) is 3.11. The number of thioether (sulfide) groups is 1. The Morgan fingerprint density at radius 3 is 2.86 bits per heavy atom. The van der Waals surface area contributed by atoms with Crippen molar-refractivity contribution in [2.45, 2.75) is 30.3 Å². The van der Waals surface area contributed by atoms with Crippen molar-refractivity contribution in [3.05, 3.63) is 29.3 Å². The van der Waals surface area contributed by atoms with Crippen molar-refractivity contribution in [1.82, 2.24) is 5.32 Å². The van der Waals surface area contributed by atoms with E-state index in [1.54, 1.807) is 0 Å². The van der Waals surface area contributed by atoms with Gasteiger partial charge in [-0.3, -0.25) is 4.79 Å². The maximum Gasteiger partial charge on any atom is 0.334 e. The molecular weight excluding hydrogens is 290 g/mol. The highest BCUT2D eigenvalue weighted by Gasteiger charge is 2.17. The third kappa shape index (κ3) is 4.47. The number of fused-ring (bicyclic) bond motifs is 1. The van der Waals surface area contributed by atoms with Crippen LogP contribution in [0.25, 0.3) is 0 Å². The van der Waals surface area contributed by atoms with Crippen LogP contribution in [0.3, 0.4) is 0 Å². The van der Waals surface area contributed by atoms with Crippen LogP contribution >= 0.6 is 11.8 Å². The van der Waals surface area contributed by atoms with Crippen LogP contribution in [0.15, 0.2) is 23.1 Å². The molecule has 1 aliphatic rings. The lowest BCUT2D eigenvalue weighted by Gasteiger charge is -2.11. The number of hydrogen-bond acceptors (Lipinski definition) is 4. The molecule has 0 saturated heterocycles. The van der Waals surface area contributed by atoms with Crippen LogP contribution in [-0.4, -0.2) is 42.5 Å². The number of carbonyl (C=O) groups is 2. The molecule has 0 bridgehead atoms. The molecule has 2 N–H and O–H groups in total. The van der Waals surface area contributed by atoms with Gasteiger partial charge in [-0.1, -0.05) is 6.07 Å². The second-order valence-electron chi connectivity index (χ2n) is 4.94. The lowest BCUT2D eigenvalue weighted by Crippen LogP contribution is -2.38. The fraction of sp³-hybridized carbons (Fsp3) is 0.467. The minimum Gasteiger partial charge on any atom is -0.479 e. The van der Waals surface area contributed by atoms with E-state index in [9.17, 15) is 9.59 Å². The lowest BCUT2D eigenvalue weighted by atomic mass is 10.1. The monoisotopic (exact) mass is 309 g/mol. The van der Waals surface area contributed by atoms with Gasteiger partial charge in [0.1, 0.15) is 0 Å². The summed E-state index contributed by atoms with van der Waals surface area (Å²) in [5.74, 6) is -0.998. The predicted molar refractivity (Wildman–Crippen MR) is 80.6 cm³/mol. The maximum atomic E-state index is 11.7. The molecule has 0 heterocycles. The first-order chi connectivity index (χ1) is 10.1. The molecule has 0 aliphatic heterocycles. The van der Waals surface area contributed by atoms with Gasteiger partial charge in [-0.05, 0) is 42.5 Å². The number of amides is 1. The second kappa shape index (κ2) is 7.47. The molecule has 1 aromatic rings. The normalized spacial score (nSPS) is 14.5. The highest BCUT2D eigenvalue weighted by molar-refractivity contribution is 8.00. The summed E-state index contributed by atoms with van der Waals surface area (Å²) >= 11 is 1.46. The summed E-state index contributed by atoms with van der Waals surface area (Å²) < 4.78 is 4.75. The van der Waals surface area contributed by atoms with Crippen molar-refractivity contribution in [1.29, 1.82) is 0 Å². The maximum absolute atomic E-state index is 11.7. The third-order valence-corrected chi connectivity index (χ3v) is 4.48. The van der Waals surface area contributed by atoms with Gasteiger partial charge >= 0.3 is 5.97 Å². The molecule has 1 aromatic carbocycles. The first kappa shape index (κ1) is 15.9. The summed E-state index contributed by atoms with van der Waals surface area (Å²) in [5.41, 5.74) is 2.79. The molecule has 2 rings (SSSR count). The van der Waals surface area contributed by atoms with Gasteiger partial charge in [-0.25, -0.2) is 4.79 Å². The SMILES string of the molecule is COC(CNC(=O)CSc1ccc2c(c1)CCC2)C(=O)O. The van der Waals surface area contributed by atoms with Crippen LogP contribution in [0.5, 0.6) is 0 Å². The molecular formula is C15H19NO4S. The molecule has 0 spiro atoms. The van der Waals surface area contributed by atoms with Crippen molar-refractivity contribution in [2.75, 3.05) is 19.4 Å². The Bertz CT molecular complexity index is 532. The number of nitrogens with one attached hydrogen (secondary N) is 1. The van der Waals surface area contributed by atoms with Crippen molar-refractivity contribution in [3.8, 4) is 0 Å². The Hall–Kier alpha value is -1.53. The molecule has 114 valence electrons. The zero-order valence-electron chi connectivity index (χ0n) is 11.9. The smallest absolute Gasteiger partial charge is 0.334 e. The lowest BCUT2D eigenvalue weighted by molar-refractivity contribution is -0.148. The van der Waals surface area contributed by atoms with Gasteiger partial charge in [0.25, 0.3) is 0 Å². The molecule has 1 amide bonds. The average molecular weight is 309 g/mol. The summed E-state index contributed by atoms with van der Waals surface area (Å²) in [4.78, 5) is 23.5. The van der Waals surface area contributed by atoms with E-state index in [1.807, 2.05) is 6.07 Å². The van der Waals surface area contributed by atoms with E-state index in [0.29, 0.717) is 0 Å². The molecule has 6 heteroatoms. The number of hydrogen-bond donors (Lipinski definition) is 2. The van der Waals surface area contributed by atoms with E-state index in [2.05, 4.69) is 17.4 Å². The van der Waals surface area contributed by atoms with Crippen LogP contribution < -0.4 is 5.32 Å². The molecule has 0 radical (unpaired) electrons. The number of ether oxygens (including phenoxy) is 1. The van der Waals surface area contributed by atoms with Gasteiger partial charge in [0.05, 0.1) is 12.3 Å². The molecule has 1 atom stereocenters. The highest BCUT2D eigenvalue weighted by Crippen LogP contribution is 2.27. The quantitative estimate of drug-likeness (QED) is 0.746. The largest absolute Gasteiger partial charge is 0.479 e. The van der Waals surface area contributed by atoms with Gasteiger partial charge in [0.15, 0.2) is 6.10 Å². The summed E-state index contributed by atoms with van der Waals surface area (Å²) in [7, 11) is 1.31. The number of benzene rings is 1. The fourth-order valence-electron chi connectivity index (χ4n) is 2.32. The zero-order chi connectivity index (χ0) is 15.2. The van der Waals surface area contributed by atoms with Crippen LogP contribution in [0.1, 0.15) is 17.5 Å². The third-order valence-electron chi connectivity index (χ3n) is 3.48. The Kier molecular flexibility index (Phi) is 5.64. The standard InChI is InChI=1S/C15H19NO4S/c1-20-13(15(18)19)8-16-14(17)9-21-12-6-5-10-3-2-4-11(10)7-12/h5-7,13H,2-4,8-9H2,1H3,(H,16,17)(H,18,19). The predicted octanol–water partition coefficient (Wildman–Crippen LogP) is 1.48. The Morgan fingerprint density at radius 2 is 2.14 bits per heavy atom. The Labute approximate surface area is 128 Å². The van der Waals surface area contributed by atoms with Crippen LogP contribution in [0.4, 0.5) is 0 Å². The van der Waals surface area contributed by atoms with Crippen molar-refractivity contribution >= 4 is 23.6 Å². The van der Waals surface area contributed by atoms with Gasteiger partial charge in [0.2, 0.25) is 5.91 Å². The minimum atomic E-state index is -1.08. The van der Waals surface area contributed by atoms with E-state index >= 15 is 0 Å². The van der Waals surface area contributed by atoms with Gasteiger partial charge in [0, 0.05) is 12.0 Å². The Morgan fingerprint density at radius 1 is 1.38 bits per heavy atom. The molecule has 1 unspecified atom stereocenters. The molecule has 1 aliphatic carbocycles. The number of carboxylic acid groups (broad SMARTS) is 1. The summed E-state index contributed by atoms with van der Waals surface area (Å²) in [6.45, 7) is -0.0184. The molecule has 0 fully saturated rings. The average Bonchev–Trinajstić information content (AvgIpc) is 2.92. The van der Waals surface area contributed by atoms with Crippen LogP contribution in [0, 0.1) is 0 Å². The summed E-state index contributed by atoms with van der Waals surface area (Å²) in [6.07, 6.45) is 2.47. The molecule has 0 aromatic heterocycles. The summed E-state index contributed by atoms with van der Waals surface area (Å²) in [5, 5.41) is 11.4. The first-order valence-corrected chi connectivity index (χ1v) is 7.85. The molecule has 5 nitrogen and oxygen atoms in total. The minimum absolute atomic E-state index is 0.0184. The topological polar surface area (TPSA) is 75.6 Å². The first-order valence-electron chi connectivity index (χ1n) is 6.87. The number of aryl methyl sites for hydroxylation is 2. The number of carboxylic acids is 1. The molecule has 0 saturated carbocycles. The number of methoxy groups -OCH3 is 1. The number of carbonyl (C=O) groups excluding carboxylic acids is 1. The number of aliphatic carboxylic acids is 1. The van der Waals surface area contributed by atoms with Crippen molar-refractivity contribution in [3.63, 3.8) is 0 Å². The van der Waals surface area contributed by atoms with E-state index < -0.39 is 12.1 Å². The zero-order valence-corrected chi connectivity index (χ0v) is 12.7. The van der Waals surface area contributed by atoms with E-state index in [4.69, 9.17) is 9.84 Å². The van der Waals surface area contributed by atoms with Gasteiger partial charge in [-0.15, -0.1) is 11.8 Å². The van der Waals surface area contributed by atoms with Gasteiger partial charge in [-0.2, -0.15) is 0 Å². The highest BCUT2D eigenvalue weighted by atomic mass is 32.2. The second-order valence-corrected chi connectivity index (χ2v) is 5.99. The van der Waals surface area contributed by atoms with Crippen LogP contribution in [-0.2, 0) is 27.2 Å². The van der Waals surface area contributed by atoms with Crippen molar-refractivity contribution in [2.24, 2.45) is 0 Å². The van der Waals surface area contributed by atoms with Crippen LogP contribution in [0.2, 0.25) is 0 Å². The number of rotatable bonds is 7. The van der Waals surface area contributed by atoms with E-state index in [1.165, 1.54) is 36.4 Å².